The van der Waals surface area contributed by atoms with Gasteiger partial charge in [0.2, 0.25) is 5.91 Å². The van der Waals surface area contributed by atoms with Crippen LogP contribution in [-0.2, 0) is 19.2 Å². The lowest BCUT2D eigenvalue weighted by Gasteiger charge is -2.32. The average Bonchev–Trinajstić information content (AvgIpc) is 2.85. The van der Waals surface area contributed by atoms with E-state index in [0.29, 0.717) is 58.9 Å². The van der Waals surface area contributed by atoms with Gasteiger partial charge >= 0.3 is 11.9 Å². The van der Waals surface area contributed by atoms with Crippen molar-refractivity contribution < 1.29 is 34.5 Å². The molecule has 0 atom stereocenters. The summed E-state index contributed by atoms with van der Waals surface area (Å²) in [6, 6.07) is 0. The Labute approximate surface area is 216 Å². The van der Waals surface area contributed by atoms with E-state index in [1.165, 1.54) is 0 Å². The molecule has 212 valence electrons. The third kappa shape index (κ3) is 20.1. The van der Waals surface area contributed by atoms with Gasteiger partial charge in [-0.3, -0.25) is 34.0 Å². The smallest absolute Gasteiger partial charge is 0.317 e. The number of aldehydes is 1. The van der Waals surface area contributed by atoms with Crippen LogP contribution in [0.5, 0.6) is 0 Å². The lowest BCUT2D eigenvalue weighted by molar-refractivity contribution is -0.140. The molecular weight excluding hydrogens is 470 g/mol. The van der Waals surface area contributed by atoms with Crippen LogP contribution in [0.2, 0.25) is 0 Å². The number of carbonyl (C=O) groups is 4. The van der Waals surface area contributed by atoms with Crippen molar-refractivity contribution in [1.29, 1.82) is 0 Å². The second-order valence-corrected chi connectivity index (χ2v) is 8.14. The molecule has 1 aliphatic heterocycles. The molecule has 0 bridgehead atoms. The Bertz CT molecular complexity index is 595. The molecule has 0 unspecified atom stereocenters. The van der Waals surface area contributed by atoms with Crippen LogP contribution in [0.15, 0.2) is 0 Å². The number of carbonyl (C=O) groups excluding carboxylic acids is 2. The Kier molecular flexibility index (Phi) is 24.6. The summed E-state index contributed by atoms with van der Waals surface area (Å²) in [6.07, 6.45) is 3.91. The second kappa shape index (κ2) is 24.6. The van der Waals surface area contributed by atoms with Crippen molar-refractivity contribution >= 4 is 24.1 Å². The Morgan fingerprint density at radius 3 is 1.47 bits per heavy atom. The molecule has 36 heavy (non-hydrogen) atoms. The summed E-state index contributed by atoms with van der Waals surface area (Å²) < 4.78 is 0. The quantitative estimate of drug-likeness (QED) is 0.195. The third-order valence-corrected chi connectivity index (χ3v) is 5.45. The van der Waals surface area contributed by atoms with Gasteiger partial charge in [0.1, 0.15) is 6.29 Å². The highest BCUT2D eigenvalue weighted by atomic mass is 16.4. The largest absolute Gasteiger partial charge is 0.480 e. The molecule has 0 radical (unpaired) electrons. The first-order valence-corrected chi connectivity index (χ1v) is 12.8. The SMILES string of the molecule is CC.CCCCCNC(=O)CN1CCN(CC=O)CCN(CC(=O)O)CCN(CC(=O)O)CC1.CO. The Morgan fingerprint density at radius 1 is 0.722 bits per heavy atom. The molecule has 0 aromatic carbocycles. The summed E-state index contributed by atoms with van der Waals surface area (Å²) in [5, 5.41) is 28.4. The summed E-state index contributed by atoms with van der Waals surface area (Å²) in [5.74, 6) is -1.95. The molecule has 1 aliphatic rings. The minimum Gasteiger partial charge on any atom is -0.480 e. The minimum absolute atomic E-state index is 0.0625. The van der Waals surface area contributed by atoms with Gasteiger partial charge in [0.15, 0.2) is 0 Å². The molecular formula is C24H49N5O7. The van der Waals surface area contributed by atoms with Crippen LogP contribution in [0.1, 0.15) is 40.0 Å². The van der Waals surface area contributed by atoms with Crippen molar-refractivity contribution in [3.05, 3.63) is 0 Å². The van der Waals surface area contributed by atoms with Crippen molar-refractivity contribution in [3.63, 3.8) is 0 Å². The molecule has 1 rings (SSSR count). The normalized spacial score (nSPS) is 16.7. The van der Waals surface area contributed by atoms with E-state index in [2.05, 4.69) is 12.2 Å². The second-order valence-electron chi connectivity index (χ2n) is 8.14. The molecule has 1 amide bonds. The highest BCUT2D eigenvalue weighted by Crippen LogP contribution is 2.01. The number of aliphatic carboxylic acids is 2. The lowest BCUT2D eigenvalue weighted by Crippen LogP contribution is -2.49. The summed E-state index contributed by atoms with van der Waals surface area (Å²) in [4.78, 5) is 53.4. The first-order chi connectivity index (χ1) is 17.3. The van der Waals surface area contributed by atoms with Gasteiger partial charge in [0.05, 0.1) is 26.2 Å². The van der Waals surface area contributed by atoms with Gasteiger partial charge in [-0.25, -0.2) is 0 Å². The summed E-state index contributed by atoms with van der Waals surface area (Å²) in [5.41, 5.74) is 0. The molecule has 0 aromatic rings. The number of aliphatic hydroxyl groups excluding tert-OH is 1. The van der Waals surface area contributed by atoms with Gasteiger partial charge in [-0.15, -0.1) is 0 Å². The molecule has 1 saturated heterocycles. The fourth-order valence-corrected chi connectivity index (χ4v) is 3.59. The van der Waals surface area contributed by atoms with E-state index in [9.17, 15) is 29.4 Å². The number of carboxylic acids is 2. The topological polar surface area (TPSA) is 154 Å². The third-order valence-electron chi connectivity index (χ3n) is 5.45. The number of carboxylic acid groups (broad SMARTS) is 2. The van der Waals surface area contributed by atoms with Gasteiger partial charge in [-0.05, 0) is 6.42 Å². The van der Waals surface area contributed by atoms with E-state index in [-0.39, 0.29) is 32.1 Å². The highest BCUT2D eigenvalue weighted by Gasteiger charge is 2.20. The van der Waals surface area contributed by atoms with E-state index >= 15 is 0 Å². The maximum Gasteiger partial charge on any atom is 0.317 e. The van der Waals surface area contributed by atoms with Crippen molar-refractivity contribution in [2.24, 2.45) is 0 Å². The van der Waals surface area contributed by atoms with Gasteiger partial charge < -0.3 is 25.4 Å². The zero-order valence-electron chi connectivity index (χ0n) is 22.7. The van der Waals surface area contributed by atoms with Gasteiger partial charge in [0.25, 0.3) is 0 Å². The van der Waals surface area contributed by atoms with Gasteiger partial charge in [-0.2, -0.15) is 0 Å². The summed E-state index contributed by atoms with van der Waals surface area (Å²) >= 11 is 0. The number of unbranched alkanes of at least 4 members (excludes halogenated alkanes) is 2. The maximum absolute atomic E-state index is 12.4. The van der Waals surface area contributed by atoms with Crippen LogP contribution >= 0.6 is 0 Å². The molecule has 4 N–H and O–H groups in total. The molecule has 0 aliphatic carbocycles. The maximum atomic E-state index is 12.4. The van der Waals surface area contributed by atoms with E-state index in [1.807, 2.05) is 23.6 Å². The first kappa shape index (κ1) is 36.0. The molecule has 0 aromatic heterocycles. The summed E-state index contributed by atoms with van der Waals surface area (Å²) in [6.45, 7) is 10.8. The monoisotopic (exact) mass is 519 g/mol. The Hall–Kier alpha value is -2.12. The van der Waals surface area contributed by atoms with Crippen molar-refractivity contribution in [2.45, 2.75) is 40.0 Å². The predicted molar refractivity (Wildman–Crippen MR) is 139 cm³/mol. The summed E-state index contributed by atoms with van der Waals surface area (Å²) in [7, 11) is 1.00. The minimum atomic E-state index is -0.945. The van der Waals surface area contributed by atoms with Gasteiger partial charge in [-0.1, -0.05) is 33.6 Å². The van der Waals surface area contributed by atoms with E-state index < -0.39 is 11.9 Å². The van der Waals surface area contributed by atoms with Crippen molar-refractivity contribution in [1.82, 2.24) is 24.9 Å². The zero-order chi connectivity index (χ0) is 27.8. The molecule has 12 heteroatoms. The number of nitrogens with one attached hydrogen (secondary N) is 1. The number of hydrogen-bond donors (Lipinski definition) is 4. The molecule has 1 fully saturated rings. The average molecular weight is 520 g/mol. The van der Waals surface area contributed by atoms with Crippen LogP contribution in [0, 0.1) is 0 Å². The number of nitrogens with zero attached hydrogens (tertiary/aromatic N) is 4. The predicted octanol–water partition coefficient (Wildman–Crippen LogP) is -0.483. The van der Waals surface area contributed by atoms with E-state index in [1.54, 1.807) is 9.80 Å². The lowest BCUT2D eigenvalue weighted by atomic mass is 10.2. The number of aliphatic hydroxyl groups is 1. The van der Waals surface area contributed by atoms with Crippen LogP contribution in [-0.4, -0.2) is 151 Å². The number of amides is 1. The first-order valence-electron chi connectivity index (χ1n) is 12.8. The van der Waals surface area contributed by atoms with Crippen LogP contribution in [0.3, 0.4) is 0 Å². The van der Waals surface area contributed by atoms with E-state index in [0.717, 1.165) is 32.7 Å². The van der Waals surface area contributed by atoms with Crippen molar-refractivity contribution in [2.75, 3.05) is 92.2 Å². The number of hydrogen-bond acceptors (Lipinski definition) is 9. The molecule has 0 saturated carbocycles. The fraction of sp³-hybridized carbons (Fsp3) is 0.833. The fourth-order valence-electron chi connectivity index (χ4n) is 3.59. The molecule has 0 spiro atoms. The van der Waals surface area contributed by atoms with Crippen LogP contribution < -0.4 is 5.32 Å². The van der Waals surface area contributed by atoms with Crippen LogP contribution in [0.4, 0.5) is 0 Å². The Morgan fingerprint density at radius 2 is 1.11 bits per heavy atom. The number of rotatable bonds is 12. The van der Waals surface area contributed by atoms with E-state index in [4.69, 9.17) is 5.11 Å². The highest BCUT2D eigenvalue weighted by molar-refractivity contribution is 5.78. The van der Waals surface area contributed by atoms with Crippen molar-refractivity contribution in [3.8, 4) is 0 Å². The van der Waals surface area contributed by atoms with Crippen LogP contribution in [0.25, 0.3) is 0 Å². The standard InChI is InChI=1S/C21H39N5O6.C2H6.CH4O/c1-2-3-4-5-22-19(28)16-24-8-6-23(14-15-27)7-9-25(17-20(29)30)12-13-26(11-10-24)18-21(31)32;2*1-2/h15H,2-14,16-18H2,1H3,(H,22,28)(H,29,30)(H,31,32);1-2H3;2H,1H3. The Balaban J connectivity index is 0. The zero-order valence-corrected chi connectivity index (χ0v) is 22.7. The molecule has 12 nitrogen and oxygen atoms in total. The van der Waals surface area contributed by atoms with Gasteiger partial charge in [0, 0.05) is 66.0 Å². The molecule has 1 heterocycles.